The topological polar surface area (TPSA) is 68.5 Å². The molecule has 0 amide bonds. The van der Waals surface area contributed by atoms with E-state index in [-0.39, 0.29) is 11.6 Å². The highest BCUT2D eigenvalue weighted by molar-refractivity contribution is 7.15. The Morgan fingerprint density at radius 3 is 2.67 bits per heavy atom. The highest BCUT2D eigenvalue weighted by atomic mass is 32.1. The summed E-state index contributed by atoms with van der Waals surface area (Å²) in [7, 11) is 1.63. The number of hydrogen-bond donors (Lipinski definition) is 1. The van der Waals surface area contributed by atoms with Crippen LogP contribution in [0.15, 0.2) is 29.2 Å². The van der Waals surface area contributed by atoms with Crippen LogP contribution < -0.4 is 10.2 Å². The van der Waals surface area contributed by atoms with Gasteiger partial charge in [-0.1, -0.05) is 13.8 Å². The van der Waals surface area contributed by atoms with Crippen LogP contribution in [0.25, 0.3) is 21.3 Å². The molecule has 156 valence electrons. The summed E-state index contributed by atoms with van der Waals surface area (Å²) in [5.74, 6) is 0.694. The van der Waals surface area contributed by atoms with Gasteiger partial charge in [0.15, 0.2) is 5.75 Å². The molecule has 2 unspecified atom stereocenters. The number of methoxy groups -OCH3 is 1. The Bertz CT molecular complexity index is 1230. The first-order valence-electron chi connectivity index (χ1n) is 10.5. The molecule has 5 nitrogen and oxygen atoms in total. The zero-order valence-corrected chi connectivity index (χ0v) is 18.2. The Balaban J connectivity index is 1.77. The Labute approximate surface area is 178 Å². The van der Waals surface area contributed by atoms with E-state index < -0.39 is 11.4 Å². The third-order valence-corrected chi connectivity index (χ3v) is 8.18. The molecule has 1 fully saturated rings. The molecular formula is C24H25NO4S. The minimum absolute atomic E-state index is 0.182. The van der Waals surface area contributed by atoms with Crippen molar-refractivity contribution in [2.24, 2.45) is 5.92 Å². The number of hydrogen-bond acceptors (Lipinski definition) is 4. The summed E-state index contributed by atoms with van der Waals surface area (Å²) < 4.78 is 7.81. The molecule has 5 rings (SSSR count). The molecule has 1 N–H and O–H groups in total. The van der Waals surface area contributed by atoms with Gasteiger partial charge in [-0.05, 0) is 61.3 Å². The molecule has 1 saturated carbocycles. The number of aromatic nitrogens is 1. The Kier molecular flexibility index (Phi) is 4.51. The van der Waals surface area contributed by atoms with Gasteiger partial charge in [-0.3, -0.25) is 4.79 Å². The third-order valence-electron chi connectivity index (χ3n) is 6.77. The fraction of sp³-hybridized carbons (Fsp3) is 0.417. The summed E-state index contributed by atoms with van der Waals surface area (Å²) >= 11 is 1.82. The fourth-order valence-corrected chi connectivity index (χ4v) is 6.08. The van der Waals surface area contributed by atoms with Crippen LogP contribution in [0.1, 0.15) is 65.9 Å². The number of aryl methyl sites for hydroxylation is 1. The standard InChI is InChI=1S/C24H25NO4S/c1-12-4-5-14-10-19(30-23(14)13(12)2)16-8-9-17-20(22(16)29-3)25(15-6-7-15)11-18(21(17)26)24(27)28/h8-13,15H,4-7H2,1-3H3,(H,27,28). The number of ether oxygens (including phenoxy) is 1. The van der Waals surface area contributed by atoms with Gasteiger partial charge in [0, 0.05) is 27.6 Å². The second kappa shape index (κ2) is 6.98. The van der Waals surface area contributed by atoms with Gasteiger partial charge < -0.3 is 14.4 Å². The van der Waals surface area contributed by atoms with Crippen molar-refractivity contribution in [2.45, 2.75) is 51.5 Å². The highest BCUT2D eigenvalue weighted by Gasteiger charge is 2.30. The van der Waals surface area contributed by atoms with Crippen LogP contribution in [-0.2, 0) is 6.42 Å². The van der Waals surface area contributed by atoms with Gasteiger partial charge in [0.2, 0.25) is 5.43 Å². The van der Waals surface area contributed by atoms with E-state index in [9.17, 15) is 14.7 Å². The average Bonchev–Trinajstić information content (AvgIpc) is 3.48. The molecule has 0 saturated heterocycles. The van der Waals surface area contributed by atoms with Gasteiger partial charge in [-0.25, -0.2) is 4.79 Å². The summed E-state index contributed by atoms with van der Waals surface area (Å²) in [5, 5.41) is 9.92. The van der Waals surface area contributed by atoms with Crippen LogP contribution in [0.4, 0.5) is 0 Å². The van der Waals surface area contributed by atoms with Crippen molar-refractivity contribution in [3.05, 3.63) is 50.6 Å². The molecule has 2 aliphatic carbocycles. The number of aromatic carboxylic acids is 1. The number of carboxylic acid groups (broad SMARTS) is 1. The first-order valence-corrected chi connectivity index (χ1v) is 11.3. The second-order valence-corrected chi connectivity index (χ2v) is 9.75. The molecule has 30 heavy (non-hydrogen) atoms. The Hall–Kier alpha value is -2.60. The van der Waals surface area contributed by atoms with E-state index in [2.05, 4.69) is 19.9 Å². The van der Waals surface area contributed by atoms with E-state index >= 15 is 0 Å². The molecule has 2 heterocycles. The van der Waals surface area contributed by atoms with Crippen molar-refractivity contribution in [1.82, 2.24) is 4.57 Å². The number of fused-ring (bicyclic) bond motifs is 2. The van der Waals surface area contributed by atoms with E-state index in [4.69, 9.17) is 4.74 Å². The number of carbonyl (C=O) groups is 1. The van der Waals surface area contributed by atoms with Gasteiger partial charge in [0.1, 0.15) is 5.56 Å². The monoisotopic (exact) mass is 423 g/mol. The van der Waals surface area contributed by atoms with Crippen LogP contribution >= 0.6 is 11.3 Å². The minimum Gasteiger partial charge on any atom is -0.494 e. The molecule has 2 aromatic heterocycles. The second-order valence-electron chi connectivity index (χ2n) is 8.66. The summed E-state index contributed by atoms with van der Waals surface area (Å²) in [5.41, 5.74) is 2.47. The average molecular weight is 424 g/mol. The molecule has 6 heteroatoms. The Morgan fingerprint density at radius 2 is 2.00 bits per heavy atom. The molecule has 1 aromatic carbocycles. The maximum absolute atomic E-state index is 12.9. The van der Waals surface area contributed by atoms with E-state index in [0.717, 1.165) is 29.7 Å². The molecule has 3 aromatic rings. The molecule has 2 aliphatic rings. The number of pyridine rings is 1. The number of benzene rings is 1. The minimum atomic E-state index is -1.19. The highest BCUT2D eigenvalue weighted by Crippen LogP contribution is 2.47. The van der Waals surface area contributed by atoms with Crippen LogP contribution in [-0.4, -0.2) is 22.8 Å². The molecule has 0 radical (unpaired) electrons. The summed E-state index contributed by atoms with van der Waals surface area (Å²) in [6, 6.07) is 6.17. The molecule has 0 aliphatic heterocycles. The maximum Gasteiger partial charge on any atom is 0.341 e. The number of nitrogens with zero attached hydrogens (tertiary/aromatic N) is 1. The lowest BCUT2D eigenvalue weighted by atomic mass is 9.82. The van der Waals surface area contributed by atoms with E-state index in [1.165, 1.54) is 23.1 Å². The van der Waals surface area contributed by atoms with Crippen LogP contribution in [0.3, 0.4) is 0 Å². The summed E-state index contributed by atoms with van der Waals surface area (Å²) in [6.07, 6.45) is 5.76. The van der Waals surface area contributed by atoms with Crippen molar-refractivity contribution < 1.29 is 14.6 Å². The van der Waals surface area contributed by atoms with Crippen LogP contribution in [0, 0.1) is 5.92 Å². The molecule has 0 bridgehead atoms. The number of thiophene rings is 1. The van der Waals surface area contributed by atoms with Gasteiger partial charge in [0.05, 0.1) is 18.0 Å². The Morgan fingerprint density at radius 1 is 1.23 bits per heavy atom. The first kappa shape index (κ1) is 19.4. The lowest BCUT2D eigenvalue weighted by molar-refractivity contribution is 0.0695. The maximum atomic E-state index is 12.9. The van der Waals surface area contributed by atoms with Gasteiger partial charge in [-0.2, -0.15) is 0 Å². The predicted molar refractivity (Wildman–Crippen MR) is 119 cm³/mol. The summed E-state index contributed by atoms with van der Waals surface area (Å²) in [6.45, 7) is 4.62. The number of carboxylic acids is 1. The van der Waals surface area contributed by atoms with E-state index in [1.807, 2.05) is 22.0 Å². The van der Waals surface area contributed by atoms with Crippen molar-refractivity contribution in [3.63, 3.8) is 0 Å². The van der Waals surface area contributed by atoms with E-state index in [1.54, 1.807) is 13.2 Å². The lowest BCUT2D eigenvalue weighted by Crippen LogP contribution is -2.19. The smallest absolute Gasteiger partial charge is 0.341 e. The van der Waals surface area contributed by atoms with Gasteiger partial charge in [0.25, 0.3) is 0 Å². The SMILES string of the molecule is COc1c(-c2cc3c(s2)C(C)C(C)CC3)ccc2c(=O)c(C(=O)O)cn(C3CC3)c12. The number of rotatable bonds is 4. The molecule has 0 spiro atoms. The van der Waals surface area contributed by atoms with Crippen molar-refractivity contribution >= 4 is 28.2 Å². The zero-order valence-electron chi connectivity index (χ0n) is 17.4. The quantitative estimate of drug-likeness (QED) is 0.605. The third kappa shape index (κ3) is 2.88. The lowest BCUT2D eigenvalue weighted by Gasteiger charge is -2.25. The first-order chi connectivity index (χ1) is 14.4. The van der Waals surface area contributed by atoms with Crippen LogP contribution in [0.5, 0.6) is 5.75 Å². The van der Waals surface area contributed by atoms with Gasteiger partial charge in [-0.15, -0.1) is 11.3 Å². The fourth-order valence-electron chi connectivity index (χ4n) is 4.66. The predicted octanol–water partition coefficient (Wildman–Crippen LogP) is 5.46. The van der Waals surface area contributed by atoms with Crippen LogP contribution in [0.2, 0.25) is 0 Å². The van der Waals surface area contributed by atoms with E-state index in [0.29, 0.717) is 28.5 Å². The molecule has 2 atom stereocenters. The normalized spacial score (nSPS) is 20.9. The van der Waals surface area contributed by atoms with Crippen molar-refractivity contribution in [3.8, 4) is 16.2 Å². The van der Waals surface area contributed by atoms with Crippen molar-refractivity contribution in [2.75, 3.05) is 7.11 Å². The largest absolute Gasteiger partial charge is 0.494 e. The van der Waals surface area contributed by atoms with Gasteiger partial charge >= 0.3 is 5.97 Å². The summed E-state index contributed by atoms with van der Waals surface area (Å²) in [4.78, 5) is 27.1. The molecular weight excluding hydrogens is 398 g/mol. The van der Waals surface area contributed by atoms with Crippen molar-refractivity contribution in [1.29, 1.82) is 0 Å². The zero-order chi connectivity index (χ0) is 21.2.